The highest BCUT2D eigenvalue weighted by Gasteiger charge is 2.06. The summed E-state index contributed by atoms with van der Waals surface area (Å²) in [5.41, 5.74) is 0.650. The van der Waals surface area contributed by atoms with Crippen LogP contribution in [-0.4, -0.2) is 16.9 Å². The van der Waals surface area contributed by atoms with Crippen molar-refractivity contribution in [3.05, 3.63) is 39.3 Å². The molecule has 0 unspecified atom stereocenters. The lowest BCUT2D eigenvalue weighted by atomic mass is 10.2. The van der Waals surface area contributed by atoms with Gasteiger partial charge in [-0.1, -0.05) is 27.5 Å². The second kappa shape index (κ2) is 5.09. The minimum absolute atomic E-state index is 0.514. The fourth-order valence-corrected chi connectivity index (χ4v) is 1.44. The largest absolute Gasteiger partial charge is 0.475 e. The van der Waals surface area contributed by atoms with Gasteiger partial charge in [0.05, 0.1) is 0 Å². The van der Waals surface area contributed by atoms with Gasteiger partial charge in [0.25, 0.3) is 5.78 Å². The number of benzene rings is 1. The number of carbonyl (C=O) groups excluding carboxylic acids is 1. The number of rotatable bonds is 3. The maximum absolute atomic E-state index is 10.8. The van der Waals surface area contributed by atoms with E-state index in [9.17, 15) is 9.59 Å². The maximum Gasteiger partial charge on any atom is 0.376 e. The van der Waals surface area contributed by atoms with Gasteiger partial charge >= 0.3 is 5.97 Å². The molecular formula is C10H6BrClO3. The van der Waals surface area contributed by atoms with Crippen LogP contribution >= 0.6 is 27.5 Å². The van der Waals surface area contributed by atoms with Gasteiger partial charge in [0.15, 0.2) is 0 Å². The lowest BCUT2D eigenvalue weighted by molar-refractivity contribution is -0.146. The zero-order valence-corrected chi connectivity index (χ0v) is 9.75. The molecule has 1 rings (SSSR count). The second-order valence-electron chi connectivity index (χ2n) is 2.67. The van der Waals surface area contributed by atoms with Crippen molar-refractivity contribution in [2.24, 2.45) is 0 Å². The molecule has 0 heterocycles. The first kappa shape index (κ1) is 11.9. The van der Waals surface area contributed by atoms with Crippen molar-refractivity contribution in [1.29, 1.82) is 0 Å². The first-order valence-corrected chi connectivity index (χ1v) is 5.08. The van der Waals surface area contributed by atoms with Crippen molar-refractivity contribution in [1.82, 2.24) is 0 Å². The van der Waals surface area contributed by atoms with Crippen molar-refractivity contribution < 1.29 is 14.7 Å². The quantitative estimate of drug-likeness (QED) is 0.687. The molecule has 78 valence electrons. The van der Waals surface area contributed by atoms with Gasteiger partial charge in [-0.3, -0.25) is 4.79 Å². The summed E-state index contributed by atoms with van der Waals surface area (Å²) in [7, 11) is 0. The molecular weight excluding hydrogens is 283 g/mol. The van der Waals surface area contributed by atoms with E-state index >= 15 is 0 Å². The van der Waals surface area contributed by atoms with E-state index in [1.807, 2.05) is 0 Å². The minimum atomic E-state index is -1.48. The lowest BCUT2D eigenvalue weighted by Crippen LogP contribution is -2.08. The molecule has 0 aromatic heterocycles. The highest BCUT2D eigenvalue weighted by Crippen LogP contribution is 2.22. The summed E-state index contributed by atoms with van der Waals surface area (Å²) in [5, 5.41) is 8.86. The highest BCUT2D eigenvalue weighted by atomic mass is 79.9. The number of carbonyl (C=O) groups is 2. The molecule has 0 saturated heterocycles. The van der Waals surface area contributed by atoms with Crippen LogP contribution in [0.15, 0.2) is 28.7 Å². The van der Waals surface area contributed by atoms with Gasteiger partial charge in [-0.25, -0.2) is 4.79 Å². The zero-order chi connectivity index (χ0) is 11.4. The standard InChI is InChI=1S/C10H6BrClO3/c11-8-3-2-7(12)5-6(8)1-4-9(13)10(14)15/h1-5H,(H,14,15)/b4-1+. The normalized spacial score (nSPS) is 10.5. The molecule has 3 nitrogen and oxygen atoms in total. The van der Waals surface area contributed by atoms with E-state index in [0.717, 1.165) is 10.5 Å². The summed E-state index contributed by atoms with van der Waals surface area (Å²) >= 11 is 8.99. The van der Waals surface area contributed by atoms with Gasteiger partial charge in [-0.15, -0.1) is 0 Å². The molecule has 0 bridgehead atoms. The first-order chi connectivity index (χ1) is 7.00. The third-order valence-corrected chi connectivity index (χ3v) is 2.54. The Bertz CT molecular complexity index is 440. The molecule has 0 radical (unpaired) electrons. The Kier molecular flexibility index (Phi) is 4.05. The molecule has 0 aliphatic heterocycles. The van der Waals surface area contributed by atoms with Gasteiger partial charge in [0.2, 0.25) is 0 Å². The number of carboxylic acid groups (broad SMARTS) is 1. The van der Waals surface area contributed by atoms with E-state index in [2.05, 4.69) is 15.9 Å². The van der Waals surface area contributed by atoms with Crippen LogP contribution in [0, 0.1) is 0 Å². The van der Waals surface area contributed by atoms with Crippen LogP contribution in [0.25, 0.3) is 6.08 Å². The molecule has 5 heteroatoms. The third kappa shape index (κ3) is 3.49. The van der Waals surface area contributed by atoms with Gasteiger partial charge < -0.3 is 5.11 Å². The summed E-state index contributed by atoms with van der Waals surface area (Å²) < 4.78 is 0.737. The van der Waals surface area contributed by atoms with E-state index in [1.54, 1.807) is 18.2 Å². The van der Waals surface area contributed by atoms with E-state index in [0.29, 0.717) is 10.6 Å². The number of carboxylic acids is 1. The van der Waals surface area contributed by atoms with E-state index in [-0.39, 0.29) is 0 Å². The smallest absolute Gasteiger partial charge is 0.376 e. The van der Waals surface area contributed by atoms with Crippen LogP contribution in [-0.2, 0) is 9.59 Å². The molecule has 0 amide bonds. The summed E-state index contributed by atoms with van der Waals surface area (Å²) in [6.07, 6.45) is 2.38. The van der Waals surface area contributed by atoms with E-state index < -0.39 is 11.8 Å². The number of hydrogen-bond acceptors (Lipinski definition) is 2. The first-order valence-electron chi connectivity index (χ1n) is 3.91. The predicted molar refractivity (Wildman–Crippen MR) is 60.8 cm³/mol. The van der Waals surface area contributed by atoms with Crippen LogP contribution in [0.3, 0.4) is 0 Å². The Morgan fingerprint density at radius 2 is 2.07 bits per heavy atom. The fraction of sp³-hybridized carbons (Fsp3) is 0. The Morgan fingerprint density at radius 3 is 2.67 bits per heavy atom. The molecule has 0 aliphatic rings. The molecule has 0 atom stereocenters. The number of aliphatic carboxylic acids is 1. The lowest BCUT2D eigenvalue weighted by Gasteiger charge is -1.98. The molecule has 1 aromatic rings. The van der Waals surface area contributed by atoms with Crippen molar-refractivity contribution in [3.8, 4) is 0 Å². The Hall–Kier alpha value is -1.13. The SMILES string of the molecule is O=C(O)C(=O)/C=C/c1cc(Cl)ccc1Br. The molecule has 1 aromatic carbocycles. The van der Waals surface area contributed by atoms with Crippen molar-refractivity contribution in [2.75, 3.05) is 0 Å². The van der Waals surface area contributed by atoms with Gasteiger partial charge in [-0.2, -0.15) is 0 Å². The van der Waals surface area contributed by atoms with Crippen molar-refractivity contribution in [3.63, 3.8) is 0 Å². The highest BCUT2D eigenvalue weighted by molar-refractivity contribution is 9.10. The van der Waals surface area contributed by atoms with Crippen molar-refractivity contribution in [2.45, 2.75) is 0 Å². The average Bonchev–Trinajstić information content (AvgIpc) is 2.18. The summed E-state index contributed by atoms with van der Waals surface area (Å²) in [5.74, 6) is -2.45. The van der Waals surface area contributed by atoms with E-state index in [4.69, 9.17) is 16.7 Å². The zero-order valence-electron chi connectivity index (χ0n) is 7.41. The van der Waals surface area contributed by atoms with Crippen LogP contribution in [0.2, 0.25) is 5.02 Å². The van der Waals surface area contributed by atoms with Crippen molar-refractivity contribution >= 4 is 45.4 Å². The van der Waals surface area contributed by atoms with Gasteiger partial charge in [-0.05, 0) is 35.9 Å². The monoisotopic (exact) mass is 288 g/mol. The topological polar surface area (TPSA) is 54.4 Å². The Labute approximate surface area is 99.5 Å². The minimum Gasteiger partial charge on any atom is -0.475 e. The Balaban J connectivity index is 2.94. The predicted octanol–water partition coefficient (Wildman–Crippen LogP) is 2.77. The fourth-order valence-electron chi connectivity index (χ4n) is 0.879. The van der Waals surface area contributed by atoms with Crippen LogP contribution < -0.4 is 0 Å². The van der Waals surface area contributed by atoms with Gasteiger partial charge in [0, 0.05) is 9.50 Å². The average molecular weight is 290 g/mol. The molecule has 0 aliphatic carbocycles. The summed E-state index contributed by atoms with van der Waals surface area (Å²) in [4.78, 5) is 21.0. The maximum atomic E-state index is 10.8. The Morgan fingerprint density at radius 1 is 1.40 bits per heavy atom. The molecule has 1 N–H and O–H groups in total. The number of ketones is 1. The number of hydrogen-bond donors (Lipinski definition) is 1. The van der Waals surface area contributed by atoms with Crippen LogP contribution in [0.1, 0.15) is 5.56 Å². The van der Waals surface area contributed by atoms with E-state index in [1.165, 1.54) is 6.08 Å². The molecule has 0 fully saturated rings. The third-order valence-electron chi connectivity index (χ3n) is 1.58. The van der Waals surface area contributed by atoms with Crippen LogP contribution in [0.5, 0.6) is 0 Å². The molecule has 15 heavy (non-hydrogen) atoms. The molecule has 0 saturated carbocycles. The van der Waals surface area contributed by atoms with Crippen LogP contribution in [0.4, 0.5) is 0 Å². The second-order valence-corrected chi connectivity index (χ2v) is 3.96. The molecule has 0 spiro atoms. The summed E-state index contributed by atoms with van der Waals surface area (Å²) in [6.45, 7) is 0. The summed E-state index contributed by atoms with van der Waals surface area (Å²) in [6, 6.07) is 5.02. The number of halogens is 2. The van der Waals surface area contributed by atoms with Gasteiger partial charge in [0.1, 0.15) is 0 Å².